The normalized spacial score (nSPS) is 17.6. The van der Waals surface area contributed by atoms with Gasteiger partial charge >= 0.3 is 0 Å². The fraction of sp³-hybridized carbons (Fsp3) is 0.300. The van der Waals surface area contributed by atoms with Crippen molar-refractivity contribution in [3.63, 3.8) is 0 Å². The molecule has 2 aromatic rings. The Kier molecular flexibility index (Phi) is 5.24. The number of phenolic OH excluding ortho intramolecular Hbond substituents is 2. The molecule has 3 N–H and O–H groups in total. The van der Waals surface area contributed by atoms with Crippen LogP contribution in [0.1, 0.15) is 18.4 Å². The molecule has 2 heterocycles. The van der Waals surface area contributed by atoms with Gasteiger partial charge in [-0.05, 0) is 50.2 Å². The Morgan fingerprint density at radius 2 is 1.90 bits per heavy atom. The van der Waals surface area contributed by atoms with E-state index >= 15 is 0 Å². The minimum atomic E-state index is -0.500. The number of rotatable bonds is 5. The molecule has 0 radical (unpaired) electrons. The first-order valence-electron chi connectivity index (χ1n) is 9.35. The highest BCUT2D eigenvalue weighted by Gasteiger charge is 2.29. The first-order chi connectivity index (χ1) is 14.0. The van der Waals surface area contributed by atoms with Crippen LogP contribution in [0.4, 0.5) is 5.69 Å². The van der Waals surface area contributed by atoms with Crippen molar-refractivity contribution < 1.29 is 24.7 Å². The summed E-state index contributed by atoms with van der Waals surface area (Å²) in [4.78, 5) is 16.3. The van der Waals surface area contributed by atoms with E-state index in [0.29, 0.717) is 23.6 Å². The Bertz CT molecular complexity index is 938. The van der Waals surface area contributed by atoms with E-state index in [1.807, 2.05) is 11.1 Å². The maximum absolute atomic E-state index is 10.8. The van der Waals surface area contributed by atoms with Crippen LogP contribution < -0.4 is 10.1 Å². The van der Waals surface area contributed by atoms with Crippen molar-refractivity contribution in [3.8, 4) is 23.0 Å². The summed E-state index contributed by atoms with van der Waals surface area (Å²) in [5.41, 5.74) is 0.337. The van der Waals surface area contributed by atoms with Crippen LogP contribution in [0, 0.1) is 10.1 Å². The molecule has 0 atom stereocenters. The zero-order valence-corrected chi connectivity index (χ0v) is 15.6. The molecular formula is C20H21N3O6. The van der Waals surface area contributed by atoms with Gasteiger partial charge in [-0.25, -0.2) is 0 Å². The number of hydroxylamine groups is 2. The van der Waals surface area contributed by atoms with E-state index in [1.54, 1.807) is 0 Å². The molecule has 0 aromatic heterocycles. The van der Waals surface area contributed by atoms with Crippen LogP contribution in [0.15, 0.2) is 42.5 Å². The van der Waals surface area contributed by atoms with Crippen LogP contribution in [-0.4, -0.2) is 45.9 Å². The topological polar surface area (TPSA) is 117 Å². The molecule has 9 nitrogen and oxygen atoms in total. The molecule has 0 spiro atoms. The van der Waals surface area contributed by atoms with Crippen LogP contribution >= 0.6 is 0 Å². The molecular weight excluding hydrogens is 378 g/mol. The molecule has 0 bridgehead atoms. The van der Waals surface area contributed by atoms with E-state index in [9.17, 15) is 20.3 Å². The van der Waals surface area contributed by atoms with Gasteiger partial charge < -0.3 is 25.1 Å². The van der Waals surface area contributed by atoms with Crippen molar-refractivity contribution in [2.45, 2.75) is 18.9 Å². The fourth-order valence-electron chi connectivity index (χ4n) is 3.49. The van der Waals surface area contributed by atoms with Gasteiger partial charge in [-0.15, -0.1) is 5.06 Å². The predicted octanol–water partition coefficient (Wildman–Crippen LogP) is 3.14. The standard InChI is InChI=1S/C20H21N3O6/c24-15-11-17(19-7-10-22(29-19)13-5-8-21-9-6-13)20(18(25)12-15)28-16-3-1-14(2-4-16)23(26)27/h1-4,7,11-13,21,24-25H,5-6,8-10H2. The second-order valence-electron chi connectivity index (χ2n) is 6.94. The lowest BCUT2D eigenvalue weighted by atomic mass is 10.1. The Hall–Kier alpha value is -3.30. The summed E-state index contributed by atoms with van der Waals surface area (Å²) in [7, 11) is 0. The average molecular weight is 399 g/mol. The highest BCUT2D eigenvalue weighted by atomic mass is 16.7. The molecule has 2 aliphatic heterocycles. The van der Waals surface area contributed by atoms with Gasteiger partial charge in [0, 0.05) is 24.2 Å². The van der Waals surface area contributed by atoms with E-state index in [0.717, 1.165) is 25.9 Å². The number of piperidine rings is 1. The predicted molar refractivity (Wildman–Crippen MR) is 105 cm³/mol. The fourth-order valence-corrected chi connectivity index (χ4v) is 3.49. The monoisotopic (exact) mass is 399 g/mol. The number of nitro benzene ring substituents is 1. The molecule has 2 aliphatic rings. The van der Waals surface area contributed by atoms with E-state index in [4.69, 9.17) is 9.57 Å². The highest BCUT2D eigenvalue weighted by Crippen LogP contribution is 2.43. The third kappa shape index (κ3) is 4.10. The zero-order chi connectivity index (χ0) is 20.4. The zero-order valence-electron chi connectivity index (χ0n) is 15.6. The average Bonchev–Trinajstić information content (AvgIpc) is 3.21. The summed E-state index contributed by atoms with van der Waals surface area (Å²) in [5.74, 6) is 0.509. The van der Waals surface area contributed by atoms with Crippen molar-refractivity contribution in [2.24, 2.45) is 0 Å². The maximum atomic E-state index is 10.8. The van der Waals surface area contributed by atoms with Gasteiger partial charge in [-0.3, -0.25) is 10.1 Å². The van der Waals surface area contributed by atoms with Gasteiger partial charge in [0.05, 0.1) is 17.0 Å². The SMILES string of the molecule is O=[N+]([O-])c1ccc(Oc2c(O)cc(O)cc2C2=CCN(C3CCNCC3)O2)cc1. The molecule has 9 heteroatoms. The molecule has 4 rings (SSSR count). The first kappa shape index (κ1) is 19.0. The number of hydrogen-bond acceptors (Lipinski definition) is 8. The van der Waals surface area contributed by atoms with Crippen LogP contribution in [0.3, 0.4) is 0 Å². The summed E-state index contributed by atoms with van der Waals surface area (Å²) in [5, 5.41) is 36.3. The van der Waals surface area contributed by atoms with Crippen LogP contribution in [0.5, 0.6) is 23.0 Å². The molecule has 0 unspecified atom stereocenters. The van der Waals surface area contributed by atoms with Gasteiger partial charge in [-0.1, -0.05) is 0 Å². The van der Waals surface area contributed by atoms with E-state index in [2.05, 4.69) is 5.32 Å². The lowest BCUT2D eigenvalue weighted by Crippen LogP contribution is -2.41. The quantitative estimate of drug-likeness (QED) is 0.519. The van der Waals surface area contributed by atoms with Gasteiger partial charge in [0.1, 0.15) is 11.5 Å². The molecule has 2 aromatic carbocycles. The second-order valence-corrected chi connectivity index (χ2v) is 6.94. The number of phenols is 2. The minimum absolute atomic E-state index is 0.0630. The van der Waals surface area contributed by atoms with Crippen molar-refractivity contribution >= 4 is 11.4 Å². The minimum Gasteiger partial charge on any atom is -0.508 e. The molecule has 1 saturated heterocycles. The highest BCUT2D eigenvalue weighted by molar-refractivity contribution is 5.72. The van der Waals surface area contributed by atoms with E-state index < -0.39 is 4.92 Å². The molecule has 152 valence electrons. The van der Waals surface area contributed by atoms with Crippen molar-refractivity contribution in [2.75, 3.05) is 19.6 Å². The number of nitrogens with one attached hydrogen (secondary N) is 1. The number of ether oxygens (including phenoxy) is 1. The Morgan fingerprint density at radius 1 is 1.17 bits per heavy atom. The van der Waals surface area contributed by atoms with Crippen LogP contribution in [0.2, 0.25) is 0 Å². The van der Waals surface area contributed by atoms with Crippen LogP contribution in [-0.2, 0) is 4.84 Å². The van der Waals surface area contributed by atoms with Crippen molar-refractivity contribution in [3.05, 3.63) is 58.2 Å². The number of non-ortho nitro benzene ring substituents is 1. The van der Waals surface area contributed by atoms with Crippen molar-refractivity contribution in [1.82, 2.24) is 10.4 Å². The Balaban J connectivity index is 1.58. The molecule has 0 amide bonds. The Morgan fingerprint density at radius 3 is 2.59 bits per heavy atom. The lowest BCUT2D eigenvalue weighted by molar-refractivity contribution is -0.384. The third-order valence-electron chi connectivity index (χ3n) is 4.98. The number of benzene rings is 2. The van der Waals surface area contributed by atoms with Crippen LogP contribution in [0.25, 0.3) is 5.76 Å². The lowest BCUT2D eigenvalue weighted by Gasteiger charge is -2.30. The summed E-state index contributed by atoms with van der Waals surface area (Å²) < 4.78 is 5.79. The van der Waals surface area contributed by atoms with Gasteiger partial charge in [0.25, 0.3) is 5.69 Å². The number of aromatic hydroxyl groups is 2. The third-order valence-corrected chi connectivity index (χ3v) is 4.98. The largest absolute Gasteiger partial charge is 0.508 e. The summed E-state index contributed by atoms with van der Waals surface area (Å²) >= 11 is 0. The number of nitrogens with zero attached hydrogens (tertiary/aromatic N) is 2. The second kappa shape index (κ2) is 7.98. The molecule has 0 aliphatic carbocycles. The Labute approximate surface area is 166 Å². The van der Waals surface area contributed by atoms with Crippen molar-refractivity contribution in [1.29, 1.82) is 0 Å². The van der Waals surface area contributed by atoms with E-state index in [1.165, 1.54) is 36.4 Å². The maximum Gasteiger partial charge on any atom is 0.269 e. The van der Waals surface area contributed by atoms with Gasteiger partial charge in [0.2, 0.25) is 0 Å². The smallest absolute Gasteiger partial charge is 0.269 e. The first-order valence-corrected chi connectivity index (χ1v) is 9.35. The summed E-state index contributed by atoms with van der Waals surface area (Å²) in [6.07, 6.45) is 3.82. The van der Waals surface area contributed by atoms with E-state index in [-0.39, 0.29) is 29.0 Å². The van der Waals surface area contributed by atoms with Gasteiger partial charge in [0.15, 0.2) is 17.3 Å². The summed E-state index contributed by atoms with van der Waals surface area (Å²) in [6, 6.07) is 8.43. The summed E-state index contributed by atoms with van der Waals surface area (Å²) in [6.45, 7) is 2.45. The molecule has 0 saturated carbocycles. The molecule has 1 fully saturated rings. The number of nitro groups is 1. The van der Waals surface area contributed by atoms with Gasteiger partial charge in [-0.2, -0.15) is 0 Å². The number of hydrogen-bond donors (Lipinski definition) is 3. The molecule has 29 heavy (non-hydrogen) atoms.